The number of benzene rings is 1. The first kappa shape index (κ1) is 23.0. The normalized spacial score (nSPS) is 13.8. The first-order chi connectivity index (χ1) is 11.8. The van der Waals surface area contributed by atoms with E-state index in [0.29, 0.717) is 5.02 Å². The van der Waals surface area contributed by atoms with Crippen LogP contribution in [0.2, 0.25) is 15.3 Å². The van der Waals surface area contributed by atoms with E-state index in [2.05, 4.69) is 10.6 Å². The number of carbonyl (C=O) groups is 2. The number of carbonyl (C=O) groups excluding carboxylic acids is 2. The minimum atomic E-state index is -2.25. The molecular weight excluding hydrogens is 374 g/mol. The van der Waals surface area contributed by atoms with E-state index in [1.54, 1.807) is 13.8 Å². The molecule has 1 rings (SSSR count). The van der Waals surface area contributed by atoms with Crippen molar-refractivity contribution in [2.24, 2.45) is 5.92 Å². The second-order valence-electron chi connectivity index (χ2n) is 6.19. The lowest BCUT2D eigenvalue weighted by atomic mass is 9.27. The predicted molar refractivity (Wildman–Crippen MR) is 105 cm³/mol. The van der Waals surface area contributed by atoms with Crippen LogP contribution in [-0.2, 0) is 4.79 Å². The third-order valence-corrected chi connectivity index (χ3v) is 4.57. The monoisotopic (exact) mass is 390 g/mol. The van der Waals surface area contributed by atoms with Gasteiger partial charge in [-0.2, -0.15) is 0 Å². The quantitative estimate of drug-likeness (QED) is 0.486. The van der Waals surface area contributed by atoms with Crippen molar-refractivity contribution in [2.75, 3.05) is 6.54 Å². The Bertz CT molecular complexity index is 691. The SMILES string of the molecule is [B]C(NC(=O)CNC(=O)c1cc(Cl)ccc1Cl)(B(O)O)C([B])([B])C(C)C. The Morgan fingerprint density at radius 2 is 1.81 bits per heavy atom. The van der Waals surface area contributed by atoms with Gasteiger partial charge < -0.3 is 20.7 Å². The lowest BCUT2D eigenvalue weighted by Crippen LogP contribution is -2.69. The van der Waals surface area contributed by atoms with Crippen LogP contribution < -0.4 is 10.6 Å². The third kappa shape index (κ3) is 5.00. The average molecular weight is 390 g/mol. The predicted octanol–water partition coefficient (Wildman–Crippen LogP) is -0.175. The molecule has 0 saturated heterocycles. The molecule has 0 fully saturated rings. The maximum absolute atomic E-state index is 12.1. The molecule has 0 heterocycles. The Balaban J connectivity index is 2.84. The van der Waals surface area contributed by atoms with E-state index in [4.69, 9.17) is 46.7 Å². The van der Waals surface area contributed by atoms with Gasteiger partial charge in [-0.15, -0.1) is 0 Å². The summed E-state index contributed by atoms with van der Waals surface area (Å²) in [5.41, 5.74) is 0.0716. The molecule has 0 aliphatic rings. The fourth-order valence-electron chi connectivity index (χ4n) is 2.08. The van der Waals surface area contributed by atoms with Gasteiger partial charge in [-0.1, -0.05) is 48.2 Å². The number of halogens is 2. The van der Waals surface area contributed by atoms with Crippen molar-refractivity contribution in [3.63, 3.8) is 0 Å². The standard InChI is InChI=1S/C14H16B4Cl2N2O4/c1-7(2)13(15,16)14(17,18(25)26)22-11(23)6-21-12(24)9-5-8(19)3-4-10(9)20/h3-5,7,25-26H,6H2,1-2H3,(H,21,24)(H,22,23). The van der Waals surface area contributed by atoms with Gasteiger partial charge in [0.1, 0.15) is 0 Å². The zero-order valence-corrected chi connectivity index (χ0v) is 15.8. The minimum absolute atomic E-state index is 0.0716. The fourth-order valence-corrected chi connectivity index (χ4v) is 2.45. The molecule has 0 spiro atoms. The maximum Gasteiger partial charge on any atom is 0.468 e. The number of hydrogen-bond donors (Lipinski definition) is 4. The van der Waals surface area contributed by atoms with Crippen LogP contribution >= 0.6 is 23.2 Å². The summed E-state index contributed by atoms with van der Waals surface area (Å²) in [5.74, 6) is -2.02. The highest BCUT2D eigenvalue weighted by Gasteiger charge is 2.50. The zero-order chi connectivity index (χ0) is 20.3. The lowest BCUT2D eigenvalue weighted by molar-refractivity contribution is -0.121. The molecule has 1 unspecified atom stereocenters. The Kier molecular flexibility index (Phi) is 7.72. The van der Waals surface area contributed by atoms with Gasteiger partial charge >= 0.3 is 7.12 Å². The van der Waals surface area contributed by atoms with Gasteiger partial charge in [0.2, 0.25) is 5.91 Å². The van der Waals surface area contributed by atoms with Crippen LogP contribution in [0, 0.1) is 5.92 Å². The maximum atomic E-state index is 12.1. The number of amides is 2. The molecule has 0 saturated carbocycles. The van der Waals surface area contributed by atoms with Gasteiger partial charge in [-0.25, -0.2) is 0 Å². The van der Waals surface area contributed by atoms with Gasteiger partial charge in [0.15, 0.2) is 0 Å². The van der Waals surface area contributed by atoms with E-state index < -0.39 is 41.9 Å². The minimum Gasteiger partial charge on any atom is -0.426 e. The highest BCUT2D eigenvalue weighted by molar-refractivity contribution is 6.65. The molecule has 0 aliphatic carbocycles. The van der Waals surface area contributed by atoms with Crippen molar-refractivity contribution in [1.82, 2.24) is 10.6 Å². The van der Waals surface area contributed by atoms with Crippen LogP contribution in [0.4, 0.5) is 0 Å². The van der Waals surface area contributed by atoms with Crippen LogP contribution in [0.1, 0.15) is 24.2 Å². The van der Waals surface area contributed by atoms with Crippen molar-refractivity contribution in [1.29, 1.82) is 0 Å². The van der Waals surface area contributed by atoms with E-state index in [1.807, 2.05) is 0 Å². The Labute approximate surface area is 166 Å². The first-order valence-electron chi connectivity index (χ1n) is 7.60. The summed E-state index contributed by atoms with van der Waals surface area (Å²) < 4.78 is 0. The van der Waals surface area contributed by atoms with E-state index in [9.17, 15) is 19.6 Å². The molecule has 6 radical (unpaired) electrons. The molecule has 26 heavy (non-hydrogen) atoms. The summed E-state index contributed by atoms with van der Waals surface area (Å²) in [4.78, 5) is 24.2. The van der Waals surface area contributed by atoms with Gasteiger partial charge in [-0.3, -0.25) is 9.59 Å². The van der Waals surface area contributed by atoms with Crippen molar-refractivity contribution < 1.29 is 19.6 Å². The molecule has 2 amide bonds. The average Bonchev–Trinajstić information content (AvgIpc) is 2.54. The molecule has 1 aromatic rings. The Morgan fingerprint density at radius 1 is 1.23 bits per heavy atom. The van der Waals surface area contributed by atoms with E-state index in [0.717, 1.165) is 0 Å². The summed E-state index contributed by atoms with van der Waals surface area (Å²) >= 11 is 11.7. The largest absolute Gasteiger partial charge is 0.468 e. The van der Waals surface area contributed by atoms with Gasteiger partial charge in [0, 0.05) is 10.4 Å². The number of nitrogens with one attached hydrogen (secondary N) is 2. The second-order valence-corrected chi connectivity index (χ2v) is 7.03. The number of hydrogen-bond acceptors (Lipinski definition) is 4. The van der Waals surface area contributed by atoms with Crippen LogP contribution in [0.25, 0.3) is 0 Å². The molecule has 0 bridgehead atoms. The molecule has 0 aliphatic heterocycles. The van der Waals surface area contributed by atoms with E-state index >= 15 is 0 Å². The third-order valence-electron chi connectivity index (χ3n) is 4.01. The molecule has 1 aromatic carbocycles. The van der Waals surface area contributed by atoms with Gasteiger partial charge in [0.05, 0.1) is 40.7 Å². The molecule has 6 nitrogen and oxygen atoms in total. The van der Waals surface area contributed by atoms with Crippen LogP contribution in [0.15, 0.2) is 18.2 Å². The highest BCUT2D eigenvalue weighted by Crippen LogP contribution is 2.38. The molecule has 132 valence electrons. The molecule has 12 heteroatoms. The molecule has 1 atom stereocenters. The first-order valence-corrected chi connectivity index (χ1v) is 8.35. The van der Waals surface area contributed by atoms with Crippen molar-refractivity contribution in [3.8, 4) is 0 Å². The second kappa shape index (κ2) is 8.74. The lowest BCUT2D eigenvalue weighted by Gasteiger charge is -2.48. The topological polar surface area (TPSA) is 98.7 Å². The molecule has 0 aromatic heterocycles. The summed E-state index contributed by atoms with van der Waals surface area (Å²) in [5, 5.41) is 19.9. The van der Waals surface area contributed by atoms with Crippen molar-refractivity contribution in [3.05, 3.63) is 33.8 Å². The summed E-state index contributed by atoms with van der Waals surface area (Å²) in [6.45, 7) is 2.65. The highest BCUT2D eigenvalue weighted by atomic mass is 35.5. The Morgan fingerprint density at radius 3 is 2.31 bits per heavy atom. The Hall–Kier alpha value is -1.08. The van der Waals surface area contributed by atoms with Crippen LogP contribution in [0.5, 0.6) is 0 Å². The summed E-state index contributed by atoms with van der Waals surface area (Å²) in [6.07, 6.45) is 0. The van der Waals surface area contributed by atoms with Gasteiger partial charge in [0.25, 0.3) is 5.91 Å². The smallest absolute Gasteiger partial charge is 0.426 e. The van der Waals surface area contributed by atoms with E-state index in [-0.39, 0.29) is 10.6 Å². The van der Waals surface area contributed by atoms with Crippen LogP contribution in [-0.4, -0.2) is 64.4 Å². The van der Waals surface area contributed by atoms with Crippen molar-refractivity contribution >= 4 is 65.7 Å². The number of rotatable bonds is 7. The van der Waals surface area contributed by atoms with Gasteiger partial charge in [-0.05, 0) is 18.2 Å². The summed E-state index contributed by atoms with van der Waals surface area (Å²) in [6, 6.07) is 4.28. The fraction of sp³-hybridized carbons (Fsp3) is 0.429. The van der Waals surface area contributed by atoms with Crippen LogP contribution in [0.3, 0.4) is 0 Å². The molecular formula is C14H16B4Cl2N2O4. The van der Waals surface area contributed by atoms with Crippen molar-refractivity contribution in [2.45, 2.75) is 24.4 Å². The van der Waals surface area contributed by atoms with E-state index in [1.165, 1.54) is 18.2 Å². The molecule has 4 N–H and O–H groups in total. The zero-order valence-electron chi connectivity index (χ0n) is 14.3. The summed E-state index contributed by atoms with van der Waals surface area (Å²) in [7, 11) is 15.3.